The van der Waals surface area contributed by atoms with Crippen LogP contribution in [0.25, 0.3) is 0 Å². The predicted molar refractivity (Wildman–Crippen MR) is 87.5 cm³/mol. The Morgan fingerprint density at radius 3 is 2.13 bits per heavy atom. The second-order valence-corrected chi connectivity index (χ2v) is 5.50. The molecule has 0 saturated heterocycles. The molecule has 1 atom stereocenters. The number of carbonyl (C=O) groups is 2. The summed E-state index contributed by atoms with van der Waals surface area (Å²) in [6.45, 7) is 0. The number of hydrogen-bond donors (Lipinski definition) is 1. The van der Waals surface area contributed by atoms with Crippen molar-refractivity contribution in [2.75, 3.05) is 33.3 Å². The van der Waals surface area contributed by atoms with Gasteiger partial charge in [-0.25, -0.2) is 9.59 Å². The molecular weight excluding hydrogens is 322 g/mol. The zero-order valence-electron chi connectivity index (χ0n) is 13.6. The van der Waals surface area contributed by atoms with Crippen molar-refractivity contribution in [1.29, 1.82) is 0 Å². The van der Waals surface area contributed by atoms with Crippen LogP contribution in [0, 0.1) is 0 Å². The van der Waals surface area contributed by atoms with Crippen molar-refractivity contribution in [3.8, 4) is 17.2 Å². The molecule has 1 aromatic rings. The summed E-state index contributed by atoms with van der Waals surface area (Å²) in [4.78, 5) is 23.9. The Morgan fingerprint density at radius 1 is 1.13 bits per heavy atom. The Morgan fingerprint density at radius 2 is 1.70 bits per heavy atom. The monoisotopic (exact) mass is 343 g/mol. The van der Waals surface area contributed by atoms with Gasteiger partial charge in [0.1, 0.15) is 6.04 Å². The normalized spacial score (nSPS) is 11.5. The number of benzene rings is 1. The summed E-state index contributed by atoms with van der Waals surface area (Å²) in [7, 11) is 4.30. The van der Waals surface area contributed by atoms with Crippen LogP contribution < -0.4 is 19.9 Å². The van der Waals surface area contributed by atoms with E-state index in [1.165, 1.54) is 33.5 Å². The van der Waals surface area contributed by atoms with E-state index >= 15 is 0 Å². The number of carbonyl (C=O) groups excluding carboxylic acids is 2. The molecule has 23 heavy (non-hydrogen) atoms. The van der Waals surface area contributed by atoms with Gasteiger partial charge in [0.05, 0.1) is 26.9 Å². The van der Waals surface area contributed by atoms with Crippen LogP contribution in [-0.4, -0.2) is 51.3 Å². The Kier molecular flexibility index (Phi) is 7.70. The third-order valence-corrected chi connectivity index (χ3v) is 3.67. The Balaban J connectivity index is 2.93. The minimum Gasteiger partial charge on any atom is -0.493 e. The number of nitrogens with two attached hydrogens (primary N) is 1. The standard InChI is InChI=1S/C15H21NO6S/c1-19-11-7-9(8-12(20-2)13(11)21-3)14(17)22-15(18)10(16)5-6-23-4/h7-8,10H,5-6,16H2,1-4H3/t10-/m0/s1. The average Bonchev–Trinajstić information content (AvgIpc) is 2.57. The fourth-order valence-corrected chi connectivity index (χ4v) is 2.28. The second-order valence-electron chi connectivity index (χ2n) is 4.51. The summed E-state index contributed by atoms with van der Waals surface area (Å²) in [6.07, 6.45) is 2.33. The zero-order valence-corrected chi connectivity index (χ0v) is 14.4. The van der Waals surface area contributed by atoms with E-state index < -0.39 is 18.0 Å². The van der Waals surface area contributed by atoms with Crippen molar-refractivity contribution in [3.63, 3.8) is 0 Å². The first-order valence-electron chi connectivity index (χ1n) is 6.79. The summed E-state index contributed by atoms with van der Waals surface area (Å²) in [6, 6.07) is 1.97. The maximum atomic E-state index is 12.1. The van der Waals surface area contributed by atoms with E-state index in [0.29, 0.717) is 17.9 Å². The molecule has 7 nitrogen and oxygen atoms in total. The van der Waals surface area contributed by atoms with Crippen molar-refractivity contribution in [1.82, 2.24) is 0 Å². The highest BCUT2D eigenvalue weighted by Crippen LogP contribution is 2.38. The highest BCUT2D eigenvalue weighted by molar-refractivity contribution is 7.98. The molecule has 0 aliphatic heterocycles. The molecule has 0 saturated carbocycles. The zero-order chi connectivity index (χ0) is 17.4. The van der Waals surface area contributed by atoms with Crippen molar-refractivity contribution < 1.29 is 28.5 Å². The average molecular weight is 343 g/mol. The van der Waals surface area contributed by atoms with Gasteiger partial charge in [-0.15, -0.1) is 0 Å². The summed E-state index contributed by atoms with van der Waals surface area (Å²) in [5.41, 5.74) is 5.78. The fourth-order valence-electron chi connectivity index (χ4n) is 1.79. The molecule has 8 heteroatoms. The number of ether oxygens (including phenoxy) is 4. The van der Waals surface area contributed by atoms with Crippen LogP contribution in [0.5, 0.6) is 17.2 Å². The number of thioether (sulfide) groups is 1. The first-order valence-corrected chi connectivity index (χ1v) is 8.18. The van der Waals surface area contributed by atoms with Gasteiger partial charge in [-0.2, -0.15) is 11.8 Å². The Bertz CT molecular complexity index is 538. The predicted octanol–water partition coefficient (Wildman–Crippen LogP) is 1.48. The molecule has 0 spiro atoms. The second kappa shape index (κ2) is 9.26. The van der Waals surface area contributed by atoms with Crippen molar-refractivity contribution in [2.45, 2.75) is 12.5 Å². The van der Waals surface area contributed by atoms with Crippen LogP contribution in [-0.2, 0) is 9.53 Å². The SMILES string of the molecule is COc1cc(C(=O)OC(=O)[C@@H](N)CCSC)cc(OC)c1OC. The number of methoxy groups -OCH3 is 3. The molecule has 0 unspecified atom stereocenters. The molecule has 0 aliphatic rings. The lowest BCUT2D eigenvalue weighted by atomic mass is 10.2. The highest BCUT2D eigenvalue weighted by Gasteiger charge is 2.22. The van der Waals surface area contributed by atoms with Crippen LogP contribution >= 0.6 is 11.8 Å². The molecule has 1 rings (SSSR count). The van der Waals surface area contributed by atoms with Gasteiger partial charge in [0.15, 0.2) is 11.5 Å². The van der Waals surface area contributed by atoms with E-state index in [2.05, 4.69) is 0 Å². The first-order chi connectivity index (χ1) is 11.0. The van der Waals surface area contributed by atoms with Gasteiger partial charge in [0.2, 0.25) is 5.75 Å². The van der Waals surface area contributed by atoms with E-state index in [0.717, 1.165) is 0 Å². The number of rotatable bonds is 8. The molecule has 0 aliphatic carbocycles. The molecule has 0 bridgehead atoms. The van der Waals surface area contributed by atoms with Gasteiger partial charge in [-0.05, 0) is 30.6 Å². The minimum absolute atomic E-state index is 0.102. The first kappa shape index (κ1) is 19.1. The van der Waals surface area contributed by atoms with Crippen molar-refractivity contribution >= 4 is 23.7 Å². The quantitative estimate of drug-likeness (QED) is 0.560. The third-order valence-electron chi connectivity index (χ3n) is 3.03. The molecule has 0 heterocycles. The molecule has 0 radical (unpaired) electrons. The fraction of sp³-hybridized carbons (Fsp3) is 0.467. The summed E-state index contributed by atoms with van der Waals surface area (Å²) < 4.78 is 20.3. The van der Waals surface area contributed by atoms with Gasteiger partial charge in [-0.3, -0.25) is 0 Å². The topological polar surface area (TPSA) is 97.1 Å². The largest absolute Gasteiger partial charge is 0.493 e. The van der Waals surface area contributed by atoms with Crippen LogP contribution in [0.3, 0.4) is 0 Å². The lowest BCUT2D eigenvalue weighted by Gasteiger charge is -2.14. The third kappa shape index (κ3) is 5.04. The van der Waals surface area contributed by atoms with E-state index in [1.807, 2.05) is 6.26 Å². The van der Waals surface area contributed by atoms with Gasteiger partial charge in [0.25, 0.3) is 0 Å². The van der Waals surface area contributed by atoms with Crippen molar-refractivity contribution in [2.24, 2.45) is 5.73 Å². The molecule has 0 fully saturated rings. The van der Waals surface area contributed by atoms with Crippen LogP contribution in [0.4, 0.5) is 0 Å². The van der Waals surface area contributed by atoms with Gasteiger partial charge < -0.3 is 24.7 Å². The van der Waals surface area contributed by atoms with Crippen LogP contribution in [0.1, 0.15) is 16.8 Å². The van der Waals surface area contributed by atoms with E-state index in [1.54, 1.807) is 11.8 Å². The highest BCUT2D eigenvalue weighted by atomic mass is 32.2. The van der Waals surface area contributed by atoms with Gasteiger partial charge in [-0.1, -0.05) is 0 Å². The van der Waals surface area contributed by atoms with Crippen molar-refractivity contribution in [3.05, 3.63) is 17.7 Å². The van der Waals surface area contributed by atoms with Crippen LogP contribution in [0.2, 0.25) is 0 Å². The van der Waals surface area contributed by atoms with Crippen LogP contribution in [0.15, 0.2) is 12.1 Å². The molecule has 0 aromatic heterocycles. The van der Waals surface area contributed by atoms with E-state index in [9.17, 15) is 9.59 Å². The number of hydrogen-bond acceptors (Lipinski definition) is 8. The molecular formula is C15H21NO6S. The van der Waals surface area contributed by atoms with E-state index in [4.69, 9.17) is 24.7 Å². The molecule has 1 aromatic carbocycles. The van der Waals surface area contributed by atoms with Gasteiger partial charge in [0, 0.05) is 0 Å². The maximum absolute atomic E-state index is 12.1. The number of esters is 2. The van der Waals surface area contributed by atoms with Gasteiger partial charge >= 0.3 is 11.9 Å². The summed E-state index contributed by atoms with van der Waals surface area (Å²) in [5, 5.41) is 0. The minimum atomic E-state index is -0.839. The molecule has 2 N–H and O–H groups in total. The lowest BCUT2D eigenvalue weighted by molar-refractivity contribution is -0.139. The van der Waals surface area contributed by atoms with E-state index in [-0.39, 0.29) is 17.1 Å². The Labute approximate surface area is 139 Å². The summed E-state index contributed by atoms with van der Waals surface area (Å²) >= 11 is 1.56. The Hall–Kier alpha value is -1.93. The smallest absolute Gasteiger partial charge is 0.346 e. The lowest BCUT2D eigenvalue weighted by Crippen LogP contribution is -2.34. The summed E-state index contributed by atoms with van der Waals surface area (Å²) in [5.74, 6) is 0.0336. The molecule has 128 valence electrons. The maximum Gasteiger partial charge on any atom is 0.346 e. The molecule has 0 amide bonds.